The second-order valence-electron chi connectivity index (χ2n) is 2.70. The summed E-state index contributed by atoms with van der Waals surface area (Å²) in [7, 11) is 0. The Labute approximate surface area is 73.9 Å². The third-order valence-electron chi connectivity index (χ3n) is 1.83. The van der Waals surface area contributed by atoms with Crippen LogP contribution in [0.25, 0.3) is 0 Å². The first-order chi connectivity index (χ1) is 6.27. The molecule has 0 spiro atoms. The smallest absolute Gasteiger partial charge is 0.278 e. The van der Waals surface area contributed by atoms with Crippen LogP contribution >= 0.6 is 0 Å². The molecule has 2 N–H and O–H groups in total. The highest BCUT2D eigenvalue weighted by atomic mass is 16.2. The van der Waals surface area contributed by atoms with E-state index in [1.54, 1.807) is 12.3 Å². The van der Waals surface area contributed by atoms with Gasteiger partial charge in [0, 0.05) is 19.0 Å². The Morgan fingerprint density at radius 1 is 1.46 bits per heavy atom. The second-order valence-corrected chi connectivity index (χ2v) is 2.70. The van der Waals surface area contributed by atoms with E-state index >= 15 is 0 Å². The van der Waals surface area contributed by atoms with Crippen LogP contribution in [-0.2, 0) is 4.79 Å². The molecule has 0 aromatic carbocycles. The van der Waals surface area contributed by atoms with Gasteiger partial charge in [-0.1, -0.05) is 0 Å². The maximum absolute atomic E-state index is 11.2. The van der Waals surface area contributed by atoms with Gasteiger partial charge in [0.25, 0.3) is 0 Å². The minimum absolute atomic E-state index is 0.235. The van der Waals surface area contributed by atoms with Gasteiger partial charge in [-0.25, -0.2) is 4.79 Å². The fourth-order valence-electron chi connectivity index (χ4n) is 1.19. The molecule has 1 aromatic heterocycles. The van der Waals surface area contributed by atoms with Crippen LogP contribution in [0.15, 0.2) is 12.3 Å². The first kappa shape index (κ1) is 7.78. The SMILES string of the molecule is O=C1CCN(c2ccn[nH]2)C(=O)N1. The molecule has 1 aliphatic rings. The van der Waals surface area contributed by atoms with Gasteiger partial charge >= 0.3 is 6.03 Å². The molecule has 0 unspecified atom stereocenters. The zero-order valence-corrected chi connectivity index (χ0v) is 6.78. The number of nitrogens with zero attached hydrogens (tertiary/aromatic N) is 2. The molecule has 0 atom stereocenters. The number of hydrogen-bond donors (Lipinski definition) is 2. The average molecular weight is 180 g/mol. The maximum atomic E-state index is 11.2. The number of nitrogens with one attached hydrogen (secondary N) is 2. The summed E-state index contributed by atoms with van der Waals surface area (Å²) in [6.07, 6.45) is 1.88. The number of H-pyrrole nitrogens is 1. The average Bonchev–Trinajstić information content (AvgIpc) is 2.56. The molecule has 6 nitrogen and oxygen atoms in total. The second kappa shape index (κ2) is 2.89. The predicted molar refractivity (Wildman–Crippen MR) is 44.1 cm³/mol. The van der Waals surface area contributed by atoms with Gasteiger partial charge in [0.05, 0.1) is 6.20 Å². The summed E-state index contributed by atoms with van der Waals surface area (Å²) in [6, 6.07) is 1.27. The lowest BCUT2D eigenvalue weighted by Crippen LogP contribution is -2.49. The molecule has 0 saturated carbocycles. The third kappa shape index (κ3) is 1.37. The fraction of sp³-hybridized carbons (Fsp3) is 0.286. The number of aromatic nitrogens is 2. The quantitative estimate of drug-likeness (QED) is 0.631. The Bertz CT molecular complexity index is 332. The Hall–Kier alpha value is -1.85. The minimum Gasteiger partial charge on any atom is -0.278 e. The number of hydrogen-bond acceptors (Lipinski definition) is 3. The number of rotatable bonds is 1. The van der Waals surface area contributed by atoms with E-state index < -0.39 is 6.03 Å². The normalized spacial score (nSPS) is 17.4. The first-order valence-corrected chi connectivity index (χ1v) is 3.88. The third-order valence-corrected chi connectivity index (χ3v) is 1.83. The highest BCUT2D eigenvalue weighted by molar-refractivity contribution is 6.05. The summed E-state index contributed by atoms with van der Waals surface area (Å²) < 4.78 is 0. The van der Waals surface area contributed by atoms with Crippen LogP contribution < -0.4 is 10.2 Å². The molecule has 1 aromatic rings. The van der Waals surface area contributed by atoms with Crippen molar-refractivity contribution in [2.75, 3.05) is 11.4 Å². The Morgan fingerprint density at radius 3 is 2.92 bits per heavy atom. The fourth-order valence-corrected chi connectivity index (χ4v) is 1.19. The van der Waals surface area contributed by atoms with E-state index in [4.69, 9.17) is 0 Å². The van der Waals surface area contributed by atoms with Crippen molar-refractivity contribution < 1.29 is 9.59 Å². The summed E-state index contributed by atoms with van der Waals surface area (Å²) in [4.78, 5) is 23.5. The van der Waals surface area contributed by atoms with E-state index in [0.717, 1.165) is 0 Å². The molecular weight excluding hydrogens is 172 g/mol. The molecule has 0 bridgehead atoms. The van der Waals surface area contributed by atoms with Gasteiger partial charge in [0.1, 0.15) is 5.82 Å². The maximum Gasteiger partial charge on any atom is 0.329 e. The van der Waals surface area contributed by atoms with Crippen molar-refractivity contribution in [1.82, 2.24) is 15.5 Å². The first-order valence-electron chi connectivity index (χ1n) is 3.88. The Morgan fingerprint density at radius 2 is 2.31 bits per heavy atom. The van der Waals surface area contributed by atoms with Crippen molar-refractivity contribution in [3.05, 3.63) is 12.3 Å². The number of amides is 3. The highest BCUT2D eigenvalue weighted by Gasteiger charge is 2.24. The van der Waals surface area contributed by atoms with Crippen LogP contribution in [0.5, 0.6) is 0 Å². The van der Waals surface area contributed by atoms with Crippen LogP contribution in [0.1, 0.15) is 6.42 Å². The predicted octanol–water partition coefficient (Wildman–Crippen LogP) is -0.144. The molecule has 1 fully saturated rings. The van der Waals surface area contributed by atoms with E-state index in [1.165, 1.54) is 4.90 Å². The van der Waals surface area contributed by atoms with Gasteiger partial charge < -0.3 is 0 Å². The van der Waals surface area contributed by atoms with Crippen LogP contribution in [0, 0.1) is 0 Å². The Balaban J connectivity index is 2.17. The zero-order valence-electron chi connectivity index (χ0n) is 6.78. The summed E-state index contributed by atoms with van der Waals surface area (Å²) in [6.45, 7) is 0.396. The lowest BCUT2D eigenvalue weighted by molar-refractivity contribution is -0.120. The summed E-state index contributed by atoms with van der Waals surface area (Å²) >= 11 is 0. The molecular formula is C7H8N4O2. The van der Waals surface area contributed by atoms with Crippen LogP contribution in [-0.4, -0.2) is 28.7 Å². The standard InChI is InChI=1S/C7H8N4O2/c12-6-2-4-11(7(13)9-6)5-1-3-8-10-5/h1,3H,2,4H2,(H,8,10)(H,9,12,13). The monoisotopic (exact) mass is 180 g/mol. The van der Waals surface area contributed by atoms with Gasteiger partial charge in [0.15, 0.2) is 0 Å². The summed E-state index contributed by atoms with van der Waals surface area (Å²) in [5, 5.41) is 8.59. The minimum atomic E-state index is -0.402. The molecule has 0 radical (unpaired) electrons. The van der Waals surface area contributed by atoms with E-state index in [0.29, 0.717) is 18.8 Å². The van der Waals surface area contributed by atoms with Gasteiger partial charge in [-0.3, -0.25) is 20.1 Å². The largest absolute Gasteiger partial charge is 0.329 e. The molecule has 1 aliphatic heterocycles. The van der Waals surface area contributed by atoms with Gasteiger partial charge in [-0.05, 0) is 0 Å². The molecule has 0 aliphatic carbocycles. The number of urea groups is 1. The van der Waals surface area contributed by atoms with E-state index in [2.05, 4.69) is 15.5 Å². The molecule has 2 rings (SSSR count). The van der Waals surface area contributed by atoms with Gasteiger partial charge in [-0.15, -0.1) is 0 Å². The molecule has 1 saturated heterocycles. The zero-order chi connectivity index (χ0) is 9.26. The molecule has 68 valence electrons. The topological polar surface area (TPSA) is 78.1 Å². The molecule has 6 heteroatoms. The number of imide groups is 1. The van der Waals surface area contributed by atoms with Crippen molar-refractivity contribution in [3.8, 4) is 0 Å². The van der Waals surface area contributed by atoms with E-state index in [1.807, 2.05) is 0 Å². The number of anilines is 1. The van der Waals surface area contributed by atoms with E-state index in [9.17, 15) is 9.59 Å². The lowest BCUT2D eigenvalue weighted by Gasteiger charge is -2.24. The lowest BCUT2D eigenvalue weighted by atomic mass is 10.3. The number of carbonyl (C=O) groups is 2. The van der Waals surface area contributed by atoms with Crippen LogP contribution in [0.4, 0.5) is 10.6 Å². The molecule has 13 heavy (non-hydrogen) atoms. The van der Waals surface area contributed by atoms with Crippen molar-refractivity contribution in [2.45, 2.75) is 6.42 Å². The van der Waals surface area contributed by atoms with Crippen LogP contribution in [0.2, 0.25) is 0 Å². The molecule has 2 heterocycles. The van der Waals surface area contributed by atoms with Crippen LogP contribution in [0.3, 0.4) is 0 Å². The Kier molecular flexibility index (Phi) is 1.73. The van der Waals surface area contributed by atoms with Crippen molar-refractivity contribution in [1.29, 1.82) is 0 Å². The van der Waals surface area contributed by atoms with E-state index in [-0.39, 0.29) is 5.91 Å². The summed E-state index contributed by atoms with van der Waals surface area (Å²) in [5.41, 5.74) is 0. The number of carbonyl (C=O) groups excluding carboxylic acids is 2. The molecule has 3 amide bonds. The van der Waals surface area contributed by atoms with Crippen molar-refractivity contribution >= 4 is 17.8 Å². The highest BCUT2D eigenvalue weighted by Crippen LogP contribution is 2.11. The van der Waals surface area contributed by atoms with Crippen molar-refractivity contribution in [2.24, 2.45) is 0 Å². The summed E-state index contributed by atoms with van der Waals surface area (Å²) in [5.74, 6) is 0.366. The van der Waals surface area contributed by atoms with Gasteiger partial charge in [-0.2, -0.15) is 5.10 Å². The number of aromatic amines is 1. The van der Waals surface area contributed by atoms with Crippen molar-refractivity contribution in [3.63, 3.8) is 0 Å². The van der Waals surface area contributed by atoms with Gasteiger partial charge in [0.2, 0.25) is 5.91 Å².